The molecule has 0 bridgehead atoms. The summed E-state index contributed by atoms with van der Waals surface area (Å²) in [6.07, 6.45) is 3.55. The van der Waals surface area contributed by atoms with Gasteiger partial charge in [0.2, 0.25) is 0 Å². The molecule has 0 fully saturated rings. The lowest BCUT2D eigenvalue weighted by atomic mass is 10.1. The van der Waals surface area contributed by atoms with Gasteiger partial charge in [0.1, 0.15) is 23.3 Å². The zero-order valence-electron chi connectivity index (χ0n) is 12.9. The van der Waals surface area contributed by atoms with Gasteiger partial charge in [-0.05, 0) is 43.7 Å². The second-order valence-corrected chi connectivity index (χ2v) is 5.22. The van der Waals surface area contributed by atoms with Crippen molar-refractivity contribution in [3.63, 3.8) is 0 Å². The summed E-state index contributed by atoms with van der Waals surface area (Å²) in [6.45, 7) is 4.24. The number of halogens is 1. The largest absolute Gasteiger partial charge is 0.363 e. The topological polar surface area (TPSA) is 63.6 Å². The van der Waals surface area contributed by atoms with Crippen molar-refractivity contribution in [1.29, 1.82) is 0 Å². The molecule has 0 radical (unpaired) electrons. The van der Waals surface area contributed by atoms with Gasteiger partial charge < -0.3 is 5.32 Å². The highest BCUT2D eigenvalue weighted by Crippen LogP contribution is 2.20. The first kappa shape index (κ1) is 15.0. The molecule has 0 amide bonds. The van der Waals surface area contributed by atoms with E-state index in [1.807, 2.05) is 19.9 Å². The number of hydrogen-bond donors (Lipinski definition) is 1. The second kappa shape index (κ2) is 6.48. The molecule has 1 N–H and O–H groups in total. The lowest BCUT2D eigenvalue weighted by Crippen LogP contribution is -2.07. The fourth-order valence-corrected chi connectivity index (χ4v) is 2.11. The monoisotopic (exact) mass is 309 g/mol. The summed E-state index contributed by atoms with van der Waals surface area (Å²) in [5.74, 6) is 1.74. The van der Waals surface area contributed by atoms with Gasteiger partial charge in [0.25, 0.3) is 0 Å². The zero-order valence-corrected chi connectivity index (χ0v) is 12.9. The van der Waals surface area contributed by atoms with Crippen LogP contribution in [-0.2, 0) is 6.54 Å². The number of benzene rings is 1. The smallest absolute Gasteiger partial charge is 0.147 e. The number of hydrogen-bond acceptors (Lipinski definition) is 5. The van der Waals surface area contributed by atoms with E-state index in [9.17, 15) is 4.39 Å². The van der Waals surface area contributed by atoms with Crippen molar-refractivity contribution in [3.8, 4) is 11.3 Å². The van der Waals surface area contributed by atoms with Crippen molar-refractivity contribution in [1.82, 2.24) is 19.9 Å². The Morgan fingerprint density at radius 3 is 2.39 bits per heavy atom. The number of aryl methyl sites for hydroxylation is 2. The third kappa shape index (κ3) is 3.85. The van der Waals surface area contributed by atoms with Gasteiger partial charge in [-0.3, -0.25) is 0 Å². The molecule has 3 rings (SSSR count). The molecule has 116 valence electrons. The Morgan fingerprint density at radius 2 is 1.70 bits per heavy atom. The minimum absolute atomic E-state index is 0.269. The van der Waals surface area contributed by atoms with E-state index in [4.69, 9.17) is 0 Å². The summed E-state index contributed by atoms with van der Waals surface area (Å²) in [7, 11) is 0. The van der Waals surface area contributed by atoms with E-state index in [1.54, 1.807) is 24.5 Å². The van der Waals surface area contributed by atoms with Gasteiger partial charge in [-0.25, -0.2) is 24.3 Å². The van der Waals surface area contributed by atoms with Crippen molar-refractivity contribution in [2.45, 2.75) is 20.4 Å². The number of nitrogens with zero attached hydrogens (tertiary/aromatic N) is 4. The highest BCUT2D eigenvalue weighted by Gasteiger charge is 2.05. The van der Waals surface area contributed by atoms with Crippen LogP contribution in [0, 0.1) is 19.7 Å². The quantitative estimate of drug-likeness (QED) is 0.801. The summed E-state index contributed by atoms with van der Waals surface area (Å²) in [6, 6.07) is 8.06. The van der Waals surface area contributed by atoms with Crippen LogP contribution in [0.15, 0.2) is 42.7 Å². The first-order valence-corrected chi connectivity index (χ1v) is 7.23. The van der Waals surface area contributed by atoms with Gasteiger partial charge in [-0.1, -0.05) is 0 Å². The van der Waals surface area contributed by atoms with Crippen LogP contribution in [0.3, 0.4) is 0 Å². The lowest BCUT2D eigenvalue weighted by molar-refractivity contribution is 0.628. The molecule has 2 aromatic heterocycles. The third-order valence-corrected chi connectivity index (χ3v) is 3.24. The molecule has 5 nitrogen and oxygen atoms in total. The highest BCUT2D eigenvalue weighted by molar-refractivity contribution is 5.62. The Bertz CT molecular complexity index is 800. The van der Waals surface area contributed by atoms with Crippen LogP contribution in [0.5, 0.6) is 0 Å². The number of rotatable bonds is 4. The molecule has 3 aromatic rings. The van der Waals surface area contributed by atoms with Gasteiger partial charge in [0, 0.05) is 24.0 Å². The summed E-state index contributed by atoms with van der Waals surface area (Å²) in [5, 5.41) is 3.19. The molecule has 0 aliphatic rings. The van der Waals surface area contributed by atoms with Gasteiger partial charge >= 0.3 is 0 Å². The van der Waals surface area contributed by atoms with Crippen molar-refractivity contribution in [2.75, 3.05) is 5.32 Å². The predicted molar refractivity (Wildman–Crippen MR) is 86.3 cm³/mol. The molecular weight excluding hydrogens is 293 g/mol. The maximum Gasteiger partial charge on any atom is 0.147 e. The van der Waals surface area contributed by atoms with Crippen LogP contribution in [-0.4, -0.2) is 19.9 Å². The molecule has 0 saturated heterocycles. The lowest BCUT2D eigenvalue weighted by Gasteiger charge is -2.08. The van der Waals surface area contributed by atoms with Gasteiger partial charge in [-0.15, -0.1) is 0 Å². The predicted octanol–water partition coefficient (Wildman–Crippen LogP) is 3.30. The standard InChI is InChI=1S/C17H16FN5/c1-11-8-19-17(20-9-11)10-21-16-7-15(22-12(2)23-16)13-3-5-14(18)6-4-13/h3-9H,10H2,1-2H3,(H,21,22,23). The molecule has 23 heavy (non-hydrogen) atoms. The summed E-state index contributed by atoms with van der Waals surface area (Å²) >= 11 is 0. The second-order valence-electron chi connectivity index (χ2n) is 5.22. The molecule has 0 aliphatic carbocycles. The van der Waals surface area contributed by atoms with E-state index < -0.39 is 0 Å². The number of anilines is 1. The molecule has 2 heterocycles. The maximum absolute atomic E-state index is 13.0. The van der Waals surface area contributed by atoms with E-state index in [0.29, 0.717) is 24.0 Å². The van der Waals surface area contributed by atoms with Crippen LogP contribution in [0.2, 0.25) is 0 Å². The molecule has 0 atom stereocenters. The van der Waals surface area contributed by atoms with Gasteiger partial charge in [-0.2, -0.15) is 0 Å². The first-order valence-electron chi connectivity index (χ1n) is 7.23. The number of aromatic nitrogens is 4. The molecule has 6 heteroatoms. The van der Waals surface area contributed by atoms with Gasteiger partial charge in [0.05, 0.1) is 12.2 Å². The van der Waals surface area contributed by atoms with Crippen LogP contribution in [0.4, 0.5) is 10.2 Å². The van der Waals surface area contributed by atoms with Gasteiger partial charge in [0.15, 0.2) is 0 Å². The Kier molecular flexibility index (Phi) is 4.23. The Balaban J connectivity index is 1.80. The van der Waals surface area contributed by atoms with Crippen molar-refractivity contribution in [2.24, 2.45) is 0 Å². The highest BCUT2D eigenvalue weighted by atomic mass is 19.1. The zero-order chi connectivity index (χ0) is 16.2. The summed E-state index contributed by atoms with van der Waals surface area (Å²) in [4.78, 5) is 17.2. The molecule has 1 aromatic carbocycles. The fraction of sp³-hybridized carbons (Fsp3) is 0.176. The van der Waals surface area contributed by atoms with E-state index in [0.717, 1.165) is 16.8 Å². The Morgan fingerprint density at radius 1 is 1.00 bits per heavy atom. The summed E-state index contributed by atoms with van der Waals surface area (Å²) in [5.41, 5.74) is 2.60. The molecule has 0 spiro atoms. The average Bonchev–Trinajstić information content (AvgIpc) is 2.54. The Hall–Kier alpha value is -2.89. The van der Waals surface area contributed by atoms with E-state index >= 15 is 0 Å². The molecule has 0 saturated carbocycles. The van der Waals surface area contributed by atoms with Crippen LogP contribution in [0.25, 0.3) is 11.3 Å². The normalized spacial score (nSPS) is 10.6. The van der Waals surface area contributed by atoms with Crippen LogP contribution in [0.1, 0.15) is 17.2 Å². The first-order chi connectivity index (χ1) is 11.1. The third-order valence-electron chi connectivity index (χ3n) is 3.24. The van der Waals surface area contributed by atoms with Crippen molar-refractivity contribution in [3.05, 3.63) is 65.8 Å². The minimum atomic E-state index is -0.269. The summed E-state index contributed by atoms with van der Waals surface area (Å²) < 4.78 is 13.0. The molecule has 0 aliphatic heterocycles. The maximum atomic E-state index is 13.0. The van der Waals surface area contributed by atoms with Crippen LogP contribution < -0.4 is 5.32 Å². The SMILES string of the molecule is Cc1cnc(CNc2cc(-c3ccc(F)cc3)nc(C)n2)nc1. The number of nitrogens with one attached hydrogen (secondary N) is 1. The van der Waals surface area contributed by atoms with E-state index in [-0.39, 0.29) is 5.82 Å². The molecule has 0 unspecified atom stereocenters. The molecular formula is C17H16FN5. The fourth-order valence-electron chi connectivity index (χ4n) is 2.11. The van der Waals surface area contributed by atoms with E-state index in [2.05, 4.69) is 25.3 Å². The average molecular weight is 309 g/mol. The van der Waals surface area contributed by atoms with Crippen LogP contribution >= 0.6 is 0 Å². The Labute approximate surface area is 133 Å². The van der Waals surface area contributed by atoms with Crippen molar-refractivity contribution >= 4 is 5.82 Å². The minimum Gasteiger partial charge on any atom is -0.363 e. The van der Waals surface area contributed by atoms with E-state index in [1.165, 1.54) is 12.1 Å². The van der Waals surface area contributed by atoms with Crippen molar-refractivity contribution < 1.29 is 4.39 Å².